The van der Waals surface area contributed by atoms with Gasteiger partial charge in [0.15, 0.2) is 0 Å². The zero-order valence-electron chi connectivity index (χ0n) is 11.7. The normalized spacial score (nSPS) is 29.9. The van der Waals surface area contributed by atoms with Gasteiger partial charge in [0.2, 0.25) is 5.91 Å². The Morgan fingerprint density at radius 1 is 1.61 bits per heavy atom. The molecule has 1 rings (SSSR count). The van der Waals surface area contributed by atoms with Crippen molar-refractivity contribution in [2.24, 2.45) is 17.6 Å². The average Bonchev–Trinajstić information content (AvgIpc) is 2.35. The molecule has 0 aliphatic heterocycles. The van der Waals surface area contributed by atoms with E-state index < -0.39 is 5.54 Å². The second kappa shape index (κ2) is 7.10. The number of rotatable bonds is 6. The smallest absolute Gasteiger partial charge is 0.224 e. The highest BCUT2D eigenvalue weighted by Gasteiger charge is 2.36. The van der Waals surface area contributed by atoms with Crippen molar-refractivity contribution >= 4 is 5.91 Å². The summed E-state index contributed by atoms with van der Waals surface area (Å²) in [4.78, 5) is 12.2. The van der Waals surface area contributed by atoms with Crippen LogP contribution in [0.15, 0.2) is 0 Å². The molecule has 4 N–H and O–H groups in total. The molecule has 0 spiro atoms. The zero-order valence-corrected chi connectivity index (χ0v) is 11.7. The molecule has 3 unspecified atom stereocenters. The van der Waals surface area contributed by atoms with Crippen LogP contribution in [0.25, 0.3) is 0 Å². The van der Waals surface area contributed by atoms with E-state index in [1.165, 1.54) is 6.42 Å². The van der Waals surface area contributed by atoms with Crippen molar-refractivity contribution in [1.29, 1.82) is 0 Å². The molecule has 1 amide bonds. The van der Waals surface area contributed by atoms with Crippen LogP contribution in [0, 0.1) is 11.8 Å². The minimum Gasteiger partial charge on any atom is -0.394 e. The van der Waals surface area contributed by atoms with Crippen LogP contribution < -0.4 is 11.1 Å². The summed E-state index contributed by atoms with van der Waals surface area (Å²) in [5, 5.41) is 12.7. The van der Waals surface area contributed by atoms with Crippen LogP contribution in [0.2, 0.25) is 0 Å². The van der Waals surface area contributed by atoms with E-state index in [4.69, 9.17) is 5.73 Å². The van der Waals surface area contributed by atoms with Crippen LogP contribution in [0.1, 0.15) is 52.4 Å². The van der Waals surface area contributed by atoms with E-state index in [2.05, 4.69) is 19.2 Å². The maximum Gasteiger partial charge on any atom is 0.224 e. The molecule has 0 aromatic carbocycles. The van der Waals surface area contributed by atoms with Gasteiger partial charge in [-0.1, -0.05) is 33.1 Å². The Bertz CT molecular complexity index is 271. The fourth-order valence-corrected chi connectivity index (χ4v) is 3.02. The first-order chi connectivity index (χ1) is 8.56. The van der Waals surface area contributed by atoms with Crippen molar-refractivity contribution in [3.05, 3.63) is 0 Å². The minimum atomic E-state index is -0.407. The van der Waals surface area contributed by atoms with Gasteiger partial charge in [0.1, 0.15) is 0 Å². The predicted octanol–water partition coefficient (Wildman–Crippen LogP) is 1.42. The number of nitrogens with two attached hydrogens (primary N) is 1. The van der Waals surface area contributed by atoms with Gasteiger partial charge in [-0.15, -0.1) is 0 Å². The molecule has 3 atom stereocenters. The number of hydrogen-bond acceptors (Lipinski definition) is 3. The quantitative estimate of drug-likeness (QED) is 0.673. The van der Waals surface area contributed by atoms with Crippen molar-refractivity contribution in [2.45, 2.75) is 57.9 Å². The molecule has 0 bridgehead atoms. The Morgan fingerprint density at radius 3 is 2.83 bits per heavy atom. The molecule has 4 nitrogen and oxygen atoms in total. The first-order valence-electron chi connectivity index (χ1n) is 7.20. The van der Waals surface area contributed by atoms with Gasteiger partial charge in [-0.3, -0.25) is 4.79 Å². The third-order valence-electron chi connectivity index (χ3n) is 4.07. The number of carbonyl (C=O) groups is 1. The molecule has 106 valence electrons. The number of amides is 1. The summed E-state index contributed by atoms with van der Waals surface area (Å²) in [6.45, 7) is 4.66. The molecular weight excluding hydrogens is 228 g/mol. The van der Waals surface area contributed by atoms with Gasteiger partial charge < -0.3 is 16.2 Å². The first kappa shape index (κ1) is 15.4. The van der Waals surface area contributed by atoms with Gasteiger partial charge >= 0.3 is 0 Å². The lowest BCUT2D eigenvalue weighted by atomic mass is 9.76. The summed E-state index contributed by atoms with van der Waals surface area (Å²) < 4.78 is 0. The zero-order chi connectivity index (χ0) is 13.6. The SMILES string of the molecule is CCCC(CN)C(=O)NC1(CO)CCCC(C)C1. The molecule has 1 saturated carbocycles. The summed E-state index contributed by atoms with van der Waals surface area (Å²) in [5.41, 5.74) is 5.25. The highest BCUT2D eigenvalue weighted by Crippen LogP contribution is 2.32. The Hall–Kier alpha value is -0.610. The van der Waals surface area contributed by atoms with E-state index in [9.17, 15) is 9.90 Å². The van der Waals surface area contributed by atoms with Crippen molar-refractivity contribution in [3.8, 4) is 0 Å². The fraction of sp³-hybridized carbons (Fsp3) is 0.929. The Morgan fingerprint density at radius 2 is 2.33 bits per heavy atom. The lowest BCUT2D eigenvalue weighted by molar-refractivity contribution is -0.128. The van der Waals surface area contributed by atoms with Crippen molar-refractivity contribution in [1.82, 2.24) is 5.32 Å². The van der Waals surface area contributed by atoms with Crippen molar-refractivity contribution < 1.29 is 9.90 Å². The predicted molar refractivity (Wildman–Crippen MR) is 73.0 cm³/mol. The molecule has 0 radical (unpaired) electrons. The second-order valence-corrected chi connectivity index (χ2v) is 5.85. The van der Waals surface area contributed by atoms with E-state index in [0.717, 1.165) is 32.1 Å². The van der Waals surface area contributed by atoms with Crippen LogP contribution in [-0.2, 0) is 4.79 Å². The number of aliphatic hydroxyl groups is 1. The molecule has 0 saturated heterocycles. The van der Waals surface area contributed by atoms with Gasteiger partial charge in [-0.2, -0.15) is 0 Å². The second-order valence-electron chi connectivity index (χ2n) is 5.85. The monoisotopic (exact) mass is 256 g/mol. The van der Waals surface area contributed by atoms with Crippen LogP contribution in [-0.4, -0.2) is 29.7 Å². The van der Waals surface area contributed by atoms with E-state index in [1.54, 1.807) is 0 Å². The molecule has 18 heavy (non-hydrogen) atoms. The standard InChI is InChI=1S/C14H28N2O2/c1-3-5-12(9-15)13(18)16-14(10-17)7-4-6-11(2)8-14/h11-12,17H,3-10,15H2,1-2H3,(H,16,18). The average molecular weight is 256 g/mol. The van der Waals surface area contributed by atoms with E-state index in [0.29, 0.717) is 12.5 Å². The topological polar surface area (TPSA) is 75.4 Å². The molecular formula is C14H28N2O2. The molecule has 0 heterocycles. The minimum absolute atomic E-state index is 0.0162. The molecule has 0 aromatic heterocycles. The maximum atomic E-state index is 12.2. The van der Waals surface area contributed by atoms with Crippen LogP contribution in [0.4, 0.5) is 0 Å². The number of hydrogen-bond donors (Lipinski definition) is 3. The molecule has 1 fully saturated rings. The highest BCUT2D eigenvalue weighted by atomic mass is 16.3. The Balaban J connectivity index is 2.63. The van der Waals surface area contributed by atoms with Crippen molar-refractivity contribution in [2.75, 3.05) is 13.2 Å². The highest BCUT2D eigenvalue weighted by molar-refractivity contribution is 5.79. The van der Waals surface area contributed by atoms with Gasteiger partial charge in [0, 0.05) is 6.54 Å². The molecule has 0 aromatic rings. The number of nitrogens with one attached hydrogen (secondary N) is 1. The van der Waals surface area contributed by atoms with Gasteiger partial charge in [-0.25, -0.2) is 0 Å². The summed E-state index contributed by atoms with van der Waals surface area (Å²) in [7, 11) is 0. The van der Waals surface area contributed by atoms with Crippen LogP contribution in [0.5, 0.6) is 0 Å². The summed E-state index contributed by atoms with van der Waals surface area (Å²) >= 11 is 0. The van der Waals surface area contributed by atoms with Crippen LogP contribution in [0.3, 0.4) is 0 Å². The third-order valence-corrected chi connectivity index (χ3v) is 4.07. The molecule has 4 heteroatoms. The van der Waals surface area contributed by atoms with E-state index in [1.807, 2.05) is 0 Å². The lowest BCUT2D eigenvalue weighted by Crippen LogP contribution is -2.55. The molecule has 1 aliphatic carbocycles. The number of carbonyl (C=O) groups excluding carboxylic acids is 1. The fourth-order valence-electron chi connectivity index (χ4n) is 3.02. The summed E-state index contributed by atoms with van der Waals surface area (Å²) in [6.07, 6.45) is 5.79. The third kappa shape index (κ3) is 3.95. The maximum absolute atomic E-state index is 12.2. The summed E-state index contributed by atoms with van der Waals surface area (Å²) in [5.74, 6) is 0.465. The molecule has 1 aliphatic rings. The Kier molecular flexibility index (Phi) is 6.09. The van der Waals surface area contributed by atoms with E-state index >= 15 is 0 Å². The van der Waals surface area contributed by atoms with E-state index in [-0.39, 0.29) is 18.4 Å². The van der Waals surface area contributed by atoms with Gasteiger partial charge in [-0.05, 0) is 25.2 Å². The Labute approximate surface area is 110 Å². The van der Waals surface area contributed by atoms with Crippen molar-refractivity contribution in [3.63, 3.8) is 0 Å². The lowest BCUT2D eigenvalue weighted by Gasteiger charge is -2.40. The number of aliphatic hydroxyl groups excluding tert-OH is 1. The van der Waals surface area contributed by atoms with Crippen LogP contribution >= 0.6 is 0 Å². The largest absolute Gasteiger partial charge is 0.394 e. The van der Waals surface area contributed by atoms with Gasteiger partial charge in [0.05, 0.1) is 18.1 Å². The first-order valence-corrected chi connectivity index (χ1v) is 7.20. The summed E-state index contributed by atoms with van der Waals surface area (Å²) in [6, 6.07) is 0. The van der Waals surface area contributed by atoms with Gasteiger partial charge in [0.25, 0.3) is 0 Å².